The summed E-state index contributed by atoms with van der Waals surface area (Å²) in [5.74, 6) is -1.57. The average Bonchev–Trinajstić information content (AvgIpc) is 2.47. The monoisotopic (exact) mass is 307 g/mol. The number of halogens is 1. The molecular formula is C16H18ClNO3. The van der Waals surface area contributed by atoms with E-state index in [9.17, 15) is 14.7 Å². The highest BCUT2D eigenvalue weighted by Gasteiger charge is 2.31. The van der Waals surface area contributed by atoms with Crippen LogP contribution >= 0.6 is 11.6 Å². The van der Waals surface area contributed by atoms with Gasteiger partial charge in [0.05, 0.1) is 5.92 Å². The zero-order valence-electron chi connectivity index (χ0n) is 11.6. The molecule has 5 heteroatoms. The molecule has 0 saturated heterocycles. The van der Waals surface area contributed by atoms with Crippen LogP contribution in [-0.4, -0.2) is 23.0 Å². The maximum Gasteiger partial charge on any atom is 0.308 e. The summed E-state index contributed by atoms with van der Waals surface area (Å²) < 4.78 is 0. The standard InChI is InChI=1S/C16H18ClNO3/c17-12-8-5-11(6-9-12)7-10-15(19)18-14-4-2-1-3-13(14)16(20)21/h5-10,13-14H,1-4H2,(H,18,19)(H,20,21). The highest BCUT2D eigenvalue weighted by atomic mass is 35.5. The van der Waals surface area contributed by atoms with Crippen LogP contribution in [0, 0.1) is 5.92 Å². The number of benzene rings is 1. The van der Waals surface area contributed by atoms with Gasteiger partial charge in [-0.05, 0) is 36.6 Å². The molecule has 0 heterocycles. The Kier molecular flexibility index (Phi) is 5.39. The lowest BCUT2D eigenvalue weighted by atomic mass is 9.84. The van der Waals surface area contributed by atoms with Crippen molar-refractivity contribution in [2.75, 3.05) is 0 Å². The Morgan fingerprint density at radius 3 is 2.52 bits per heavy atom. The van der Waals surface area contributed by atoms with E-state index in [1.807, 2.05) is 12.1 Å². The molecule has 0 aliphatic heterocycles. The first-order valence-electron chi connectivity index (χ1n) is 7.03. The van der Waals surface area contributed by atoms with Gasteiger partial charge in [0.15, 0.2) is 0 Å². The predicted molar refractivity (Wildman–Crippen MR) is 82.0 cm³/mol. The molecule has 0 bridgehead atoms. The normalized spacial score (nSPS) is 22.1. The largest absolute Gasteiger partial charge is 0.481 e. The van der Waals surface area contributed by atoms with Crippen LogP contribution in [0.15, 0.2) is 30.3 Å². The minimum Gasteiger partial charge on any atom is -0.481 e. The zero-order chi connectivity index (χ0) is 15.2. The first kappa shape index (κ1) is 15.6. The molecule has 2 unspecified atom stereocenters. The lowest BCUT2D eigenvalue weighted by Crippen LogP contribution is -2.44. The summed E-state index contributed by atoms with van der Waals surface area (Å²) in [5, 5.41) is 12.6. The molecule has 112 valence electrons. The van der Waals surface area contributed by atoms with Crippen molar-refractivity contribution in [3.63, 3.8) is 0 Å². The number of carbonyl (C=O) groups excluding carboxylic acids is 1. The first-order chi connectivity index (χ1) is 10.1. The van der Waals surface area contributed by atoms with Crippen molar-refractivity contribution in [1.82, 2.24) is 5.32 Å². The number of nitrogens with one attached hydrogen (secondary N) is 1. The maximum absolute atomic E-state index is 11.9. The van der Waals surface area contributed by atoms with Gasteiger partial charge in [0.1, 0.15) is 0 Å². The molecule has 1 aliphatic carbocycles. The fraction of sp³-hybridized carbons (Fsp3) is 0.375. The van der Waals surface area contributed by atoms with E-state index in [-0.39, 0.29) is 11.9 Å². The van der Waals surface area contributed by atoms with E-state index in [1.165, 1.54) is 6.08 Å². The Balaban J connectivity index is 1.94. The van der Waals surface area contributed by atoms with E-state index in [0.29, 0.717) is 11.4 Å². The van der Waals surface area contributed by atoms with Crippen LogP contribution in [0.2, 0.25) is 5.02 Å². The number of rotatable bonds is 4. The Morgan fingerprint density at radius 2 is 1.86 bits per heavy atom. The number of amides is 1. The summed E-state index contributed by atoms with van der Waals surface area (Å²) in [6.07, 6.45) is 6.32. The number of carboxylic acid groups (broad SMARTS) is 1. The van der Waals surface area contributed by atoms with Crippen LogP contribution in [0.1, 0.15) is 31.2 Å². The molecule has 1 saturated carbocycles. The molecule has 0 spiro atoms. The summed E-state index contributed by atoms with van der Waals surface area (Å²) in [5.41, 5.74) is 0.868. The molecule has 1 aromatic carbocycles. The molecule has 2 N–H and O–H groups in total. The molecular weight excluding hydrogens is 290 g/mol. The van der Waals surface area contributed by atoms with Gasteiger partial charge >= 0.3 is 5.97 Å². The van der Waals surface area contributed by atoms with Gasteiger partial charge in [-0.1, -0.05) is 36.6 Å². The van der Waals surface area contributed by atoms with Crippen LogP contribution in [-0.2, 0) is 9.59 Å². The Bertz CT molecular complexity index is 539. The van der Waals surface area contributed by atoms with E-state index < -0.39 is 11.9 Å². The van der Waals surface area contributed by atoms with Crippen LogP contribution in [0.3, 0.4) is 0 Å². The second kappa shape index (κ2) is 7.27. The maximum atomic E-state index is 11.9. The molecule has 2 rings (SSSR count). The van der Waals surface area contributed by atoms with Gasteiger partial charge in [0.25, 0.3) is 0 Å². The summed E-state index contributed by atoms with van der Waals surface area (Å²) in [6.45, 7) is 0. The third kappa shape index (κ3) is 4.60. The van der Waals surface area contributed by atoms with E-state index >= 15 is 0 Å². The van der Waals surface area contributed by atoms with E-state index in [2.05, 4.69) is 5.32 Å². The van der Waals surface area contributed by atoms with Crippen LogP contribution in [0.25, 0.3) is 6.08 Å². The van der Waals surface area contributed by atoms with Gasteiger partial charge in [-0.3, -0.25) is 9.59 Å². The van der Waals surface area contributed by atoms with Crippen molar-refractivity contribution in [3.8, 4) is 0 Å². The zero-order valence-corrected chi connectivity index (χ0v) is 12.3. The summed E-state index contributed by atoms with van der Waals surface area (Å²) in [7, 11) is 0. The number of hydrogen-bond donors (Lipinski definition) is 2. The van der Waals surface area contributed by atoms with E-state index in [0.717, 1.165) is 24.8 Å². The van der Waals surface area contributed by atoms with Crippen molar-refractivity contribution in [2.24, 2.45) is 5.92 Å². The summed E-state index contributed by atoms with van der Waals surface area (Å²) in [6, 6.07) is 6.85. The van der Waals surface area contributed by atoms with Crippen LogP contribution in [0.4, 0.5) is 0 Å². The van der Waals surface area contributed by atoms with Gasteiger partial charge in [-0.15, -0.1) is 0 Å². The number of carbonyl (C=O) groups is 2. The number of aliphatic carboxylic acids is 1. The highest BCUT2D eigenvalue weighted by molar-refractivity contribution is 6.30. The van der Waals surface area contributed by atoms with Gasteiger partial charge in [-0.2, -0.15) is 0 Å². The second-order valence-electron chi connectivity index (χ2n) is 5.23. The second-order valence-corrected chi connectivity index (χ2v) is 5.67. The SMILES string of the molecule is O=C(C=Cc1ccc(Cl)cc1)NC1CCCCC1C(=O)O. The topological polar surface area (TPSA) is 66.4 Å². The van der Waals surface area contributed by atoms with Gasteiger partial charge < -0.3 is 10.4 Å². The Labute approximate surface area is 128 Å². The number of carboxylic acids is 1. The van der Waals surface area contributed by atoms with Gasteiger partial charge in [0.2, 0.25) is 5.91 Å². The third-order valence-electron chi connectivity index (χ3n) is 3.71. The Hall–Kier alpha value is -1.81. The molecule has 4 nitrogen and oxygen atoms in total. The third-order valence-corrected chi connectivity index (χ3v) is 3.96. The van der Waals surface area contributed by atoms with Crippen molar-refractivity contribution in [3.05, 3.63) is 40.9 Å². The lowest BCUT2D eigenvalue weighted by Gasteiger charge is -2.28. The molecule has 0 radical (unpaired) electrons. The summed E-state index contributed by atoms with van der Waals surface area (Å²) >= 11 is 5.79. The molecule has 1 fully saturated rings. The minimum absolute atomic E-state index is 0.261. The molecule has 2 atom stereocenters. The van der Waals surface area contributed by atoms with Crippen LogP contribution in [0.5, 0.6) is 0 Å². The fourth-order valence-electron chi connectivity index (χ4n) is 2.58. The predicted octanol–water partition coefficient (Wildman–Crippen LogP) is 3.11. The van der Waals surface area contributed by atoms with Crippen molar-refractivity contribution in [2.45, 2.75) is 31.7 Å². The average molecular weight is 308 g/mol. The molecule has 1 aliphatic rings. The first-order valence-corrected chi connectivity index (χ1v) is 7.41. The van der Waals surface area contributed by atoms with Crippen molar-refractivity contribution < 1.29 is 14.7 Å². The van der Waals surface area contributed by atoms with Gasteiger partial charge in [0, 0.05) is 17.1 Å². The smallest absolute Gasteiger partial charge is 0.308 e. The Morgan fingerprint density at radius 1 is 1.19 bits per heavy atom. The van der Waals surface area contributed by atoms with Crippen LogP contribution < -0.4 is 5.32 Å². The van der Waals surface area contributed by atoms with Crippen molar-refractivity contribution >= 4 is 29.6 Å². The highest BCUT2D eigenvalue weighted by Crippen LogP contribution is 2.24. The fourth-order valence-corrected chi connectivity index (χ4v) is 2.70. The van der Waals surface area contributed by atoms with Crippen molar-refractivity contribution in [1.29, 1.82) is 0 Å². The molecule has 21 heavy (non-hydrogen) atoms. The minimum atomic E-state index is -0.832. The lowest BCUT2D eigenvalue weighted by molar-refractivity contribution is -0.144. The van der Waals surface area contributed by atoms with E-state index in [1.54, 1.807) is 18.2 Å². The number of hydrogen-bond acceptors (Lipinski definition) is 2. The quantitative estimate of drug-likeness (QED) is 0.840. The molecule has 1 aromatic rings. The molecule has 0 aromatic heterocycles. The summed E-state index contributed by atoms with van der Waals surface area (Å²) in [4.78, 5) is 23.1. The molecule has 1 amide bonds. The van der Waals surface area contributed by atoms with Gasteiger partial charge in [-0.25, -0.2) is 0 Å². The van der Waals surface area contributed by atoms with E-state index in [4.69, 9.17) is 11.6 Å².